The topological polar surface area (TPSA) is 42.0 Å². The summed E-state index contributed by atoms with van der Waals surface area (Å²) in [5.74, 6) is 0. The van der Waals surface area contributed by atoms with Crippen LogP contribution in [0.2, 0.25) is 0 Å². The molecule has 3 rings (SSSR count). The van der Waals surface area contributed by atoms with Gasteiger partial charge in [0.1, 0.15) is 0 Å². The van der Waals surface area contributed by atoms with E-state index in [0.29, 0.717) is 32.6 Å². The van der Waals surface area contributed by atoms with Gasteiger partial charge in [0.2, 0.25) is 7.44 Å². The maximum absolute atomic E-state index is 13.8. The van der Waals surface area contributed by atoms with Gasteiger partial charge in [0.15, 0.2) is 0 Å². The highest BCUT2D eigenvalue weighted by Crippen LogP contribution is 2.56. The lowest BCUT2D eigenvalue weighted by atomic mass is 10.2. The van der Waals surface area contributed by atoms with Crippen molar-refractivity contribution in [2.24, 2.45) is 0 Å². The van der Waals surface area contributed by atoms with E-state index in [1.807, 2.05) is 18.2 Å². The zero-order valence-electron chi connectivity index (χ0n) is 12.3. The SMILES string of the molecule is O=P(Cc1ccccc1)(N1CCOCC1)N1CCOCC1. The van der Waals surface area contributed by atoms with Crippen LogP contribution in [0.3, 0.4) is 0 Å². The monoisotopic (exact) mass is 310 g/mol. The van der Waals surface area contributed by atoms with E-state index in [-0.39, 0.29) is 0 Å². The lowest BCUT2D eigenvalue weighted by Crippen LogP contribution is -2.43. The van der Waals surface area contributed by atoms with Crippen molar-refractivity contribution in [2.75, 3.05) is 52.6 Å². The van der Waals surface area contributed by atoms with E-state index in [9.17, 15) is 4.57 Å². The average Bonchev–Trinajstić information content (AvgIpc) is 2.57. The molecule has 2 aliphatic rings. The molecule has 0 saturated carbocycles. The number of rotatable bonds is 4. The molecule has 0 radical (unpaired) electrons. The Morgan fingerprint density at radius 3 is 1.81 bits per heavy atom. The van der Waals surface area contributed by atoms with Gasteiger partial charge < -0.3 is 9.47 Å². The second-order valence-corrected chi connectivity index (χ2v) is 8.22. The van der Waals surface area contributed by atoms with E-state index >= 15 is 0 Å². The van der Waals surface area contributed by atoms with Crippen LogP contribution in [-0.2, 0) is 20.2 Å². The third-order valence-electron chi connectivity index (χ3n) is 4.09. The van der Waals surface area contributed by atoms with E-state index in [1.54, 1.807) is 0 Å². The van der Waals surface area contributed by atoms with Gasteiger partial charge in [0.25, 0.3) is 0 Å². The van der Waals surface area contributed by atoms with Crippen molar-refractivity contribution >= 4 is 7.44 Å². The molecule has 1 aromatic carbocycles. The standard InChI is InChI=1S/C15H23N2O3P/c18-21(16-6-10-19-11-7-16,17-8-12-20-13-9-17)14-15-4-2-1-3-5-15/h1-5H,6-14H2. The first-order valence-corrected chi connectivity index (χ1v) is 9.38. The molecule has 116 valence electrons. The van der Waals surface area contributed by atoms with Crippen LogP contribution in [-0.4, -0.2) is 61.9 Å². The molecule has 0 unspecified atom stereocenters. The lowest BCUT2D eigenvalue weighted by Gasteiger charge is -2.42. The van der Waals surface area contributed by atoms with Crippen LogP contribution in [0.4, 0.5) is 0 Å². The molecule has 21 heavy (non-hydrogen) atoms. The molecule has 0 aromatic heterocycles. The molecule has 6 heteroatoms. The Balaban J connectivity index is 1.83. The fraction of sp³-hybridized carbons (Fsp3) is 0.600. The van der Waals surface area contributed by atoms with Gasteiger partial charge in [-0.05, 0) is 5.56 Å². The minimum Gasteiger partial charge on any atom is -0.379 e. The second kappa shape index (κ2) is 7.03. The molecule has 1 aromatic rings. The van der Waals surface area contributed by atoms with E-state index in [2.05, 4.69) is 21.5 Å². The van der Waals surface area contributed by atoms with Gasteiger partial charge in [-0.1, -0.05) is 30.3 Å². The molecule has 0 aliphatic carbocycles. The molecule has 0 bridgehead atoms. The molecular formula is C15H23N2O3P. The van der Waals surface area contributed by atoms with Gasteiger partial charge in [-0.3, -0.25) is 4.57 Å². The van der Waals surface area contributed by atoms with Gasteiger partial charge in [-0.25, -0.2) is 9.34 Å². The van der Waals surface area contributed by atoms with Crippen molar-refractivity contribution in [2.45, 2.75) is 6.16 Å². The van der Waals surface area contributed by atoms with Crippen LogP contribution < -0.4 is 0 Å². The summed E-state index contributed by atoms with van der Waals surface area (Å²) in [5.41, 5.74) is 1.14. The van der Waals surface area contributed by atoms with Gasteiger partial charge in [0, 0.05) is 26.2 Å². The Morgan fingerprint density at radius 2 is 1.33 bits per heavy atom. The minimum absolute atomic E-state index is 0.605. The van der Waals surface area contributed by atoms with E-state index in [1.165, 1.54) is 0 Å². The number of ether oxygens (including phenoxy) is 2. The summed E-state index contributed by atoms with van der Waals surface area (Å²) in [7, 11) is -2.59. The summed E-state index contributed by atoms with van der Waals surface area (Å²) < 4.78 is 29.0. The van der Waals surface area contributed by atoms with Crippen molar-refractivity contribution in [3.05, 3.63) is 35.9 Å². The number of hydrogen-bond acceptors (Lipinski definition) is 3. The number of hydrogen-bond donors (Lipinski definition) is 0. The summed E-state index contributed by atoms with van der Waals surface area (Å²) >= 11 is 0. The molecule has 0 amide bonds. The Labute approximate surface area is 126 Å². The number of morpholine rings is 2. The van der Waals surface area contributed by atoms with E-state index < -0.39 is 7.44 Å². The average molecular weight is 310 g/mol. The molecule has 5 nitrogen and oxygen atoms in total. The first kappa shape index (κ1) is 15.2. The Hall–Kier alpha value is -0.710. The van der Waals surface area contributed by atoms with Crippen LogP contribution in [0.15, 0.2) is 30.3 Å². The van der Waals surface area contributed by atoms with Crippen LogP contribution in [0.25, 0.3) is 0 Å². The Bertz CT molecular complexity index is 463. The van der Waals surface area contributed by atoms with E-state index in [4.69, 9.17) is 9.47 Å². The normalized spacial score (nSPS) is 22.3. The van der Waals surface area contributed by atoms with Crippen molar-refractivity contribution in [1.82, 2.24) is 9.34 Å². The minimum atomic E-state index is -2.59. The zero-order chi connectivity index (χ0) is 14.5. The fourth-order valence-electron chi connectivity index (χ4n) is 2.93. The summed E-state index contributed by atoms with van der Waals surface area (Å²) in [5, 5.41) is 0. The molecule has 2 fully saturated rings. The third kappa shape index (κ3) is 3.55. The molecule has 0 atom stereocenters. The van der Waals surface area contributed by atoms with Crippen molar-refractivity contribution in [3.63, 3.8) is 0 Å². The van der Waals surface area contributed by atoms with Gasteiger partial charge in [-0.2, -0.15) is 0 Å². The summed E-state index contributed by atoms with van der Waals surface area (Å²) in [4.78, 5) is 0. The second-order valence-electron chi connectivity index (χ2n) is 5.44. The summed E-state index contributed by atoms with van der Waals surface area (Å²) in [6.45, 7) is 5.68. The molecule has 0 N–H and O–H groups in total. The van der Waals surface area contributed by atoms with Crippen molar-refractivity contribution in [1.29, 1.82) is 0 Å². The van der Waals surface area contributed by atoms with Crippen molar-refractivity contribution in [3.8, 4) is 0 Å². The van der Waals surface area contributed by atoms with Gasteiger partial charge in [-0.15, -0.1) is 0 Å². The van der Waals surface area contributed by atoms with Crippen LogP contribution in [0.1, 0.15) is 5.56 Å². The fourth-order valence-corrected chi connectivity index (χ4v) is 5.95. The van der Waals surface area contributed by atoms with E-state index in [0.717, 1.165) is 31.7 Å². The Kier molecular flexibility index (Phi) is 5.09. The Morgan fingerprint density at radius 1 is 0.857 bits per heavy atom. The highest BCUT2D eigenvalue weighted by atomic mass is 31.2. The summed E-state index contributed by atoms with van der Waals surface area (Å²) in [6.07, 6.45) is 0.605. The van der Waals surface area contributed by atoms with Crippen LogP contribution >= 0.6 is 7.44 Å². The lowest BCUT2D eigenvalue weighted by molar-refractivity contribution is 0.0522. The smallest absolute Gasteiger partial charge is 0.221 e. The van der Waals surface area contributed by atoms with Crippen LogP contribution in [0.5, 0.6) is 0 Å². The molecule has 0 spiro atoms. The molecule has 2 aliphatic heterocycles. The number of benzene rings is 1. The highest BCUT2D eigenvalue weighted by molar-refractivity contribution is 7.58. The maximum atomic E-state index is 13.8. The molecular weight excluding hydrogens is 287 g/mol. The predicted octanol–water partition coefficient (Wildman–Crippen LogP) is 2.04. The first-order valence-electron chi connectivity index (χ1n) is 7.58. The number of nitrogens with zero attached hydrogens (tertiary/aromatic N) is 2. The van der Waals surface area contributed by atoms with Crippen molar-refractivity contribution < 1.29 is 14.0 Å². The van der Waals surface area contributed by atoms with Crippen LogP contribution in [0, 0.1) is 0 Å². The predicted molar refractivity (Wildman–Crippen MR) is 82.5 cm³/mol. The van der Waals surface area contributed by atoms with Gasteiger partial charge in [0.05, 0.1) is 32.6 Å². The van der Waals surface area contributed by atoms with Gasteiger partial charge >= 0.3 is 0 Å². The highest BCUT2D eigenvalue weighted by Gasteiger charge is 2.38. The third-order valence-corrected chi connectivity index (χ3v) is 7.44. The largest absolute Gasteiger partial charge is 0.379 e. The summed E-state index contributed by atoms with van der Waals surface area (Å²) in [6, 6.07) is 10.1. The zero-order valence-corrected chi connectivity index (χ0v) is 13.2. The first-order chi connectivity index (χ1) is 10.3. The maximum Gasteiger partial charge on any atom is 0.221 e. The molecule has 2 heterocycles. The quantitative estimate of drug-likeness (QED) is 0.796. The molecule has 2 saturated heterocycles.